The van der Waals surface area contributed by atoms with Crippen molar-refractivity contribution in [1.29, 1.82) is 0 Å². The van der Waals surface area contributed by atoms with Crippen LogP contribution in [-0.2, 0) is 10.2 Å². The molecule has 0 amide bonds. The monoisotopic (exact) mass is 289 g/mol. The normalized spacial score (nSPS) is 24.7. The third-order valence-electron chi connectivity index (χ3n) is 4.33. The average Bonchev–Trinajstić information content (AvgIpc) is 2.40. The van der Waals surface area contributed by atoms with E-state index in [0.29, 0.717) is 19.0 Å². The number of piperidine rings is 1. The van der Waals surface area contributed by atoms with E-state index < -0.39 is 10.2 Å². The summed E-state index contributed by atoms with van der Waals surface area (Å²) in [5.41, 5.74) is 0. The first-order chi connectivity index (χ1) is 9.12. The number of hydrogen-bond acceptors (Lipinski definition) is 3. The van der Waals surface area contributed by atoms with Crippen LogP contribution >= 0.6 is 0 Å². The summed E-state index contributed by atoms with van der Waals surface area (Å²) in [5.74, 6) is 0.617. The molecule has 0 unspecified atom stereocenters. The number of rotatable bonds is 5. The molecule has 0 atom stereocenters. The molecule has 0 aromatic rings. The molecule has 2 N–H and O–H groups in total. The van der Waals surface area contributed by atoms with Crippen molar-refractivity contribution < 1.29 is 8.42 Å². The topological polar surface area (TPSA) is 61.4 Å². The fourth-order valence-corrected chi connectivity index (χ4v) is 4.65. The number of nitrogens with zero attached hydrogens (tertiary/aromatic N) is 1. The van der Waals surface area contributed by atoms with Gasteiger partial charge in [0.1, 0.15) is 0 Å². The molecule has 0 aromatic heterocycles. The quantitative estimate of drug-likeness (QED) is 0.796. The Morgan fingerprint density at radius 2 is 1.68 bits per heavy atom. The Bertz CT molecular complexity index is 358. The van der Waals surface area contributed by atoms with Crippen LogP contribution in [-0.4, -0.2) is 45.4 Å². The van der Waals surface area contributed by atoms with Crippen molar-refractivity contribution in [3.8, 4) is 0 Å². The first-order valence-electron chi connectivity index (χ1n) is 7.54. The third kappa shape index (κ3) is 4.41. The molecule has 0 aromatic carbocycles. The molecule has 1 aliphatic carbocycles. The van der Waals surface area contributed by atoms with Gasteiger partial charge in [-0.2, -0.15) is 17.4 Å². The second kappa shape index (κ2) is 7.02. The highest BCUT2D eigenvalue weighted by Crippen LogP contribution is 2.21. The summed E-state index contributed by atoms with van der Waals surface area (Å²) in [7, 11) is -1.31. The van der Waals surface area contributed by atoms with E-state index in [2.05, 4.69) is 10.0 Å². The molecule has 1 heterocycles. The van der Waals surface area contributed by atoms with E-state index in [1.54, 1.807) is 4.31 Å². The Labute approximate surface area is 117 Å². The minimum Gasteiger partial charge on any atom is -0.319 e. The van der Waals surface area contributed by atoms with E-state index in [9.17, 15) is 8.42 Å². The fourth-order valence-electron chi connectivity index (χ4n) is 3.15. The molecule has 6 heteroatoms. The summed E-state index contributed by atoms with van der Waals surface area (Å²) in [5, 5.41) is 3.17. The molecule has 0 spiro atoms. The lowest BCUT2D eigenvalue weighted by molar-refractivity contribution is 0.265. The highest BCUT2D eigenvalue weighted by atomic mass is 32.2. The molecule has 2 aliphatic rings. The Morgan fingerprint density at radius 3 is 2.26 bits per heavy atom. The lowest BCUT2D eigenvalue weighted by Gasteiger charge is -2.33. The molecule has 0 radical (unpaired) electrons. The Morgan fingerprint density at radius 1 is 1.05 bits per heavy atom. The largest absolute Gasteiger partial charge is 0.319 e. The van der Waals surface area contributed by atoms with Crippen LogP contribution in [0.15, 0.2) is 0 Å². The van der Waals surface area contributed by atoms with Crippen LogP contribution in [0.4, 0.5) is 0 Å². The summed E-state index contributed by atoms with van der Waals surface area (Å²) in [4.78, 5) is 0. The second-order valence-electron chi connectivity index (χ2n) is 5.86. The van der Waals surface area contributed by atoms with Gasteiger partial charge in [0.05, 0.1) is 0 Å². The minimum atomic E-state index is -3.26. The van der Waals surface area contributed by atoms with Gasteiger partial charge in [0, 0.05) is 19.1 Å². The van der Waals surface area contributed by atoms with E-state index in [4.69, 9.17) is 0 Å². The van der Waals surface area contributed by atoms with Gasteiger partial charge in [0.2, 0.25) is 0 Å². The van der Waals surface area contributed by atoms with Gasteiger partial charge >= 0.3 is 0 Å². The van der Waals surface area contributed by atoms with Crippen molar-refractivity contribution in [3.63, 3.8) is 0 Å². The van der Waals surface area contributed by atoms with Gasteiger partial charge in [-0.05, 0) is 45.2 Å². The van der Waals surface area contributed by atoms with Crippen LogP contribution < -0.4 is 10.0 Å². The molecule has 1 saturated carbocycles. The smallest absolute Gasteiger partial charge is 0.279 e. The first-order valence-corrected chi connectivity index (χ1v) is 8.98. The van der Waals surface area contributed by atoms with Crippen LogP contribution in [0.5, 0.6) is 0 Å². The van der Waals surface area contributed by atoms with Crippen molar-refractivity contribution in [2.24, 2.45) is 5.92 Å². The molecule has 1 saturated heterocycles. The molecule has 2 rings (SSSR count). The Hall–Kier alpha value is -0.170. The summed E-state index contributed by atoms with van der Waals surface area (Å²) in [6, 6.07) is 0.161. The Balaban J connectivity index is 1.83. The van der Waals surface area contributed by atoms with Crippen LogP contribution in [0.25, 0.3) is 0 Å². The van der Waals surface area contributed by atoms with Crippen molar-refractivity contribution >= 4 is 10.2 Å². The van der Waals surface area contributed by atoms with Crippen molar-refractivity contribution in [2.75, 3.05) is 26.7 Å². The van der Waals surface area contributed by atoms with Gasteiger partial charge in [0.25, 0.3) is 10.2 Å². The maximum atomic E-state index is 12.3. The van der Waals surface area contributed by atoms with E-state index >= 15 is 0 Å². The van der Waals surface area contributed by atoms with Gasteiger partial charge in [0.15, 0.2) is 0 Å². The number of nitrogens with one attached hydrogen (secondary N) is 2. The molecule has 112 valence electrons. The van der Waals surface area contributed by atoms with Crippen LogP contribution in [0.1, 0.15) is 44.9 Å². The maximum Gasteiger partial charge on any atom is 0.279 e. The minimum absolute atomic E-state index is 0.161. The molecular weight excluding hydrogens is 262 g/mol. The van der Waals surface area contributed by atoms with E-state index in [-0.39, 0.29) is 6.04 Å². The highest BCUT2D eigenvalue weighted by molar-refractivity contribution is 7.87. The van der Waals surface area contributed by atoms with Crippen LogP contribution in [0.2, 0.25) is 0 Å². The van der Waals surface area contributed by atoms with Crippen LogP contribution in [0.3, 0.4) is 0 Å². The first kappa shape index (κ1) is 15.2. The lowest BCUT2D eigenvalue weighted by atomic mass is 9.96. The van der Waals surface area contributed by atoms with Gasteiger partial charge in [-0.25, -0.2) is 0 Å². The third-order valence-corrected chi connectivity index (χ3v) is 6.00. The summed E-state index contributed by atoms with van der Waals surface area (Å²) >= 11 is 0. The molecule has 19 heavy (non-hydrogen) atoms. The molecule has 0 bridgehead atoms. The van der Waals surface area contributed by atoms with E-state index in [0.717, 1.165) is 45.1 Å². The van der Waals surface area contributed by atoms with Crippen LogP contribution in [0, 0.1) is 5.92 Å². The Kier molecular flexibility index (Phi) is 5.62. The molecule has 5 nitrogen and oxygen atoms in total. The second-order valence-corrected chi connectivity index (χ2v) is 7.56. The molecule has 1 aliphatic heterocycles. The standard InChI is InChI=1S/C13H27N3O2S/c1-14-11-12-7-9-16(10-8-12)19(17,18)15-13-5-3-2-4-6-13/h12-15H,2-11H2,1H3. The molecule has 2 fully saturated rings. The van der Waals surface area contributed by atoms with Crippen molar-refractivity contribution in [3.05, 3.63) is 0 Å². The maximum absolute atomic E-state index is 12.3. The van der Waals surface area contributed by atoms with Crippen molar-refractivity contribution in [1.82, 2.24) is 14.3 Å². The predicted octanol–water partition coefficient (Wildman–Crippen LogP) is 1.08. The van der Waals surface area contributed by atoms with Gasteiger partial charge < -0.3 is 5.32 Å². The number of hydrogen-bond donors (Lipinski definition) is 2. The van der Waals surface area contributed by atoms with E-state index in [1.165, 1.54) is 6.42 Å². The summed E-state index contributed by atoms with van der Waals surface area (Å²) < 4.78 is 29.2. The zero-order valence-electron chi connectivity index (χ0n) is 11.9. The lowest BCUT2D eigenvalue weighted by Crippen LogP contribution is -2.49. The highest BCUT2D eigenvalue weighted by Gasteiger charge is 2.29. The van der Waals surface area contributed by atoms with Gasteiger partial charge in [-0.1, -0.05) is 19.3 Å². The van der Waals surface area contributed by atoms with E-state index in [1.807, 2.05) is 7.05 Å². The molecular formula is C13H27N3O2S. The average molecular weight is 289 g/mol. The zero-order valence-corrected chi connectivity index (χ0v) is 12.7. The summed E-state index contributed by atoms with van der Waals surface area (Å²) in [6.45, 7) is 2.31. The predicted molar refractivity (Wildman–Crippen MR) is 77.2 cm³/mol. The van der Waals surface area contributed by atoms with Gasteiger partial charge in [-0.3, -0.25) is 0 Å². The SMILES string of the molecule is CNCC1CCN(S(=O)(=O)NC2CCCCC2)CC1. The van der Waals surface area contributed by atoms with Gasteiger partial charge in [-0.15, -0.1) is 0 Å². The zero-order chi connectivity index (χ0) is 13.7. The summed E-state index contributed by atoms with van der Waals surface area (Å²) in [6.07, 6.45) is 7.46. The fraction of sp³-hybridized carbons (Fsp3) is 1.00. The van der Waals surface area contributed by atoms with Crippen molar-refractivity contribution in [2.45, 2.75) is 51.0 Å².